The van der Waals surface area contributed by atoms with Crippen LogP contribution in [0, 0.1) is 6.92 Å². The molecule has 0 saturated heterocycles. The molecule has 0 amide bonds. The van der Waals surface area contributed by atoms with Gasteiger partial charge in [-0.2, -0.15) is 0 Å². The summed E-state index contributed by atoms with van der Waals surface area (Å²) >= 11 is 1.78. The van der Waals surface area contributed by atoms with Crippen molar-refractivity contribution < 1.29 is 0 Å². The zero-order chi connectivity index (χ0) is 22.5. The first kappa shape index (κ1) is 21.0. The van der Waals surface area contributed by atoms with E-state index in [0.717, 1.165) is 17.1 Å². The van der Waals surface area contributed by atoms with Crippen LogP contribution in [-0.4, -0.2) is 0 Å². The molecule has 33 heavy (non-hydrogen) atoms. The average molecular weight is 444 g/mol. The third kappa shape index (κ3) is 4.82. The molecule has 1 nitrogen and oxygen atoms in total. The van der Waals surface area contributed by atoms with Gasteiger partial charge in [-0.25, -0.2) is 0 Å². The SMILES string of the molecule is Cc1ccc(-c2ccsc2/C=C/c2ccc(N(c3ccccc3)c3ccccc3)cc2)cc1. The molecule has 0 aliphatic heterocycles. The molecular formula is C31H25NS. The maximum Gasteiger partial charge on any atom is 0.0462 e. The van der Waals surface area contributed by atoms with E-state index in [1.165, 1.54) is 27.1 Å². The van der Waals surface area contributed by atoms with Crippen molar-refractivity contribution >= 4 is 40.6 Å². The van der Waals surface area contributed by atoms with Crippen LogP contribution in [-0.2, 0) is 0 Å². The minimum atomic E-state index is 1.14. The van der Waals surface area contributed by atoms with Crippen LogP contribution in [0.15, 0.2) is 121 Å². The van der Waals surface area contributed by atoms with Crippen LogP contribution >= 0.6 is 11.3 Å². The second-order valence-corrected chi connectivity index (χ2v) is 8.94. The Morgan fingerprint density at radius 2 is 1.15 bits per heavy atom. The van der Waals surface area contributed by atoms with Gasteiger partial charge in [-0.15, -0.1) is 11.3 Å². The Labute approximate surface area is 199 Å². The Balaban J connectivity index is 1.41. The predicted octanol–water partition coefficient (Wildman–Crippen LogP) is 9.36. The normalized spacial score (nSPS) is 11.1. The molecule has 0 fully saturated rings. The van der Waals surface area contributed by atoms with Crippen molar-refractivity contribution in [2.24, 2.45) is 0 Å². The van der Waals surface area contributed by atoms with Gasteiger partial charge in [0.25, 0.3) is 0 Å². The predicted molar refractivity (Wildman–Crippen MR) is 145 cm³/mol. The van der Waals surface area contributed by atoms with Gasteiger partial charge in [0, 0.05) is 21.9 Å². The lowest BCUT2D eigenvalue weighted by Crippen LogP contribution is -2.09. The van der Waals surface area contributed by atoms with E-state index in [1.807, 2.05) is 0 Å². The Bertz CT molecular complexity index is 1290. The van der Waals surface area contributed by atoms with Crippen LogP contribution in [0.1, 0.15) is 16.0 Å². The summed E-state index contributed by atoms with van der Waals surface area (Å²) in [6, 6.07) is 40.7. The molecule has 0 aliphatic rings. The fourth-order valence-electron chi connectivity index (χ4n) is 3.93. The van der Waals surface area contributed by atoms with Crippen molar-refractivity contribution in [1.29, 1.82) is 0 Å². The molecule has 0 N–H and O–H groups in total. The molecule has 160 valence electrons. The molecule has 5 aromatic rings. The number of hydrogen-bond acceptors (Lipinski definition) is 2. The minimum Gasteiger partial charge on any atom is -0.311 e. The first-order valence-electron chi connectivity index (χ1n) is 11.1. The molecule has 0 saturated carbocycles. The van der Waals surface area contributed by atoms with Gasteiger partial charge in [-0.3, -0.25) is 0 Å². The largest absolute Gasteiger partial charge is 0.311 e. The van der Waals surface area contributed by atoms with Gasteiger partial charge in [-0.1, -0.05) is 84.4 Å². The van der Waals surface area contributed by atoms with Crippen molar-refractivity contribution in [2.45, 2.75) is 6.92 Å². The Kier molecular flexibility index (Phi) is 6.19. The molecule has 1 heterocycles. The number of rotatable bonds is 6. The molecule has 0 radical (unpaired) electrons. The van der Waals surface area contributed by atoms with Crippen molar-refractivity contribution in [2.75, 3.05) is 4.90 Å². The first-order chi connectivity index (χ1) is 16.3. The fraction of sp³-hybridized carbons (Fsp3) is 0.0323. The van der Waals surface area contributed by atoms with Gasteiger partial charge < -0.3 is 4.90 Å². The summed E-state index contributed by atoms with van der Waals surface area (Å²) in [5.74, 6) is 0. The molecule has 1 aromatic heterocycles. The number of benzene rings is 4. The topological polar surface area (TPSA) is 3.24 Å². The molecule has 0 unspecified atom stereocenters. The number of aryl methyl sites for hydroxylation is 1. The lowest BCUT2D eigenvalue weighted by Gasteiger charge is -2.25. The summed E-state index contributed by atoms with van der Waals surface area (Å²) in [5.41, 5.74) is 8.45. The fourth-order valence-corrected chi connectivity index (χ4v) is 4.74. The van der Waals surface area contributed by atoms with Crippen LogP contribution in [0.5, 0.6) is 0 Å². The van der Waals surface area contributed by atoms with Gasteiger partial charge in [0.2, 0.25) is 0 Å². The highest BCUT2D eigenvalue weighted by atomic mass is 32.1. The van der Waals surface area contributed by atoms with Crippen molar-refractivity contribution in [1.82, 2.24) is 0 Å². The summed E-state index contributed by atoms with van der Waals surface area (Å²) < 4.78 is 0. The molecule has 2 heteroatoms. The first-order valence-corrected chi connectivity index (χ1v) is 12.0. The highest BCUT2D eigenvalue weighted by Gasteiger charge is 2.11. The maximum atomic E-state index is 2.28. The number of nitrogens with zero attached hydrogens (tertiary/aromatic N) is 1. The minimum absolute atomic E-state index is 1.14. The van der Waals surface area contributed by atoms with Crippen molar-refractivity contribution in [3.63, 3.8) is 0 Å². The van der Waals surface area contributed by atoms with E-state index in [2.05, 4.69) is 145 Å². The molecular weight excluding hydrogens is 418 g/mol. The molecule has 0 aliphatic carbocycles. The van der Waals surface area contributed by atoms with Gasteiger partial charge in [0.15, 0.2) is 0 Å². The van der Waals surface area contributed by atoms with Crippen LogP contribution in [0.3, 0.4) is 0 Å². The quantitative estimate of drug-likeness (QED) is 0.253. The third-order valence-electron chi connectivity index (χ3n) is 5.66. The third-order valence-corrected chi connectivity index (χ3v) is 6.55. The monoisotopic (exact) mass is 443 g/mol. The van der Waals surface area contributed by atoms with Gasteiger partial charge in [0.1, 0.15) is 0 Å². The number of thiophene rings is 1. The Morgan fingerprint density at radius 1 is 0.576 bits per heavy atom. The Hall–Kier alpha value is -3.88. The molecule has 0 bridgehead atoms. The van der Waals surface area contributed by atoms with Crippen LogP contribution in [0.25, 0.3) is 23.3 Å². The zero-order valence-corrected chi connectivity index (χ0v) is 19.4. The van der Waals surface area contributed by atoms with E-state index in [-0.39, 0.29) is 0 Å². The second kappa shape index (κ2) is 9.72. The highest BCUT2D eigenvalue weighted by molar-refractivity contribution is 7.11. The Morgan fingerprint density at radius 3 is 1.76 bits per heavy atom. The standard InChI is InChI=1S/C31H25NS/c1-24-12-17-26(18-13-24)30-22-23-33-31(30)21-16-25-14-19-29(20-15-25)32(27-8-4-2-5-9-27)28-10-6-3-7-11-28/h2-23H,1H3/b21-16+. The highest BCUT2D eigenvalue weighted by Crippen LogP contribution is 2.34. The average Bonchev–Trinajstić information content (AvgIpc) is 3.34. The molecule has 0 spiro atoms. The lowest BCUT2D eigenvalue weighted by atomic mass is 10.0. The number of hydrogen-bond donors (Lipinski definition) is 0. The van der Waals surface area contributed by atoms with E-state index in [0.29, 0.717) is 0 Å². The molecule has 4 aromatic carbocycles. The summed E-state index contributed by atoms with van der Waals surface area (Å²) in [7, 11) is 0. The zero-order valence-electron chi connectivity index (χ0n) is 18.6. The van der Waals surface area contributed by atoms with E-state index in [4.69, 9.17) is 0 Å². The second-order valence-electron chi connectivity index (χ2n) is 8.00. The smallest absolute Gasteiger partial charge is 0.0462 e. The van der Waals surface area contributed by atoms with E-state index < -0.39 is 0 Å². The van der Waals surface area contributed by atoms with Crippen LogP contribution in [0.2, 0.25) is 0 Å². The molecule has 0 atom stereocenters. The summed E-state index contributed by atoms with van der Waals surface area (Å²) in [6.45, 7) is 2.12. The summed E-state index contributed by atoms with van der Waals surface area (Å²) in [5, 5.41) is 2.16. The van der Waals surface area contributed by atoms with Gasteiger partial charge in [-0.05, 0) is 77.5 Å². The van der Waals surface area contributed by atoms with Crippen molar-refractivity contribution in [3.05, 3.63) is 137 Å². The molecule has 5 rings (SSSR count). The van der Waals surface area contributed by atoms with E-state index in [1.54, 1.807) is 11.3 Å². The van der Waals surface area contributed by atoms with Crippen LogP contribution < -0.4 is 4.90 Å². The van der Waals surface area contributed by atoms with Crippen LogP contribution in [0.4, 0.5) is 17.1 Å². The number of anilines is 3. The van der Waals surface area contributed by atoms with Gasteiger partial charge in [0.05, 0.1) is 0 Å². The number of para-hydroxylation sites is 2. The maximum absolute atomic E-state index is 2.28. The lowest BCUT2D eigenvalue weighted by molar-refractivity contribution is 1.28. The summed E-state index contributed by atoms with van der Waals surface area (Å²) in [6.07, 6.45) is 4.42. The van der Waals surface area contributed by atoms with Crippen molar-refractivity contribution in [3.8, 4) is 11.1 Å². The van der Waals surface area contributed by atoms with Gasteiger partial charge >= 0.3 is 0 Å². The van der Waals surface area contributed by atoms with E-state index in [9.17, 15) is 0 Å². The van der Waals surface area contributed by atoms with E-state index >= 15 is 0 Å². The summed E-state index contributed by atoms with van der Waals surface area (Å²) in [4.78, 5) is 3.56.